The van der Waals surface area contributed by atoms with Gasteiger partial charge in [-0.05, 0) is 31.2 Å². The van der Waals surface area contributed by atoms with Gasteiger partial charge in [-0.25, -0.2) is 0 Å². The number of anilines is 1. The summed E-state index contributed by atoms with van der Waals surface area (Å²) in [5.41, 5.74) is 4.22. The molecule has 3 N–H and O–H groups in total. The number of hydrogen-bond donors (Lipinski definition) is 2. The topological polar surface area (TPSA) is 75.4 Å². The van der Waals surface area contributed by atoms with Crippen molar-refractivity contribution in [3.05, 3.63) is 29.8 Å². The largest absolute Gasteiger partial charge is 0.416 e. The Balaban J connectivity index is 2.87. The van der Waals surface area contributed by atoms with E-state index < -0.39 is 21.9 Å². The Labute approximate surface area is 115 Å². The van der Waals surface area contributed by atoms with Crippen LogP contribution in [0.25, 0.3) is 0 Å². The van der Waals surface area contributed by atoms with E-state index >= 15 is 0 Å². The van der Waals surface area contributed by atoms with Crippen molar-refractivity contribution in [3.63, 3.8) is 0 Å². The van der Waals surface area contributed by atoms with Crippen LogP contribution in [0, 0.1) is 0 Å². The molecule has 1 aromatic rings. The molecule has 0 saturated carbocycles. The van der Waals surface area contributed by atoms with Gasteiger partial charge in [-0.15, -0.1) is 0 Å². The third-order valence-corrected chi connectivity index (χ3v) is 4.02. The molecule has 114 valence electrons. The third kappa shape index (κ3) is 4.66. The highest BCUT2D eigenvalue weighted by molar-refractivity contribution is 7.90. The van der Waals surface area contributed by atoms with E-state index in [-0.39, 0.29) is 12.2 Å². The summed E-state index contributed by atoms with van der Waals surface area (Å²) in [4.78, 5) is 0. The summed E-state index contributed by atoms with van der Waals surface area (Å²) in [5, 5.41) is 0. The smallest absolute Gasteiger partial charge is 0.330 e. The molecule has 0 aliphatic carbocycles. The van der Waals surface area contributed by atoms with E-state index in [4.69, 9.17) is 5.73 Å². The molecule has 9 heteroatoms. The SMILES string of the molecule is CN(CCCN)S(=O)(=O)Nc1cccc(C(F)(F)F)c1. The zero-order valence-corrected chi connectivity index (χ0v) is 11.6. The summed E-state index contributed by atoms with van der Waals surface area (Å²) < 4.78 is 64.4. The Morgan fingerprint density at radius 2 is 2.00 bits per heavy atom. The van der Waals surface area contributed by atoms with E-state index in [1.807, 2.05) is 0 Å². The summed E-state index contributed by atoms with van der Waals surface area (Å²) in [5.74, 6) is 0. The zero-order chi connectivity index (χ0) is 15.4. The standard InChI is InChI=1S/C11H16F3N3O2S/c1-17(7-3-6-15)20(18,19)16-10-5-2-4-9(8-10)11(12,13)14/h2,4-5,8,16H,3,6-7,15H2,1H3. The molecule has 1 aromatic carbocycles. The van der Waals surface area contributed by atoms with Crippen LogP contribution in [0.15, 0.2) is 24.3 Å². The van der Waals surface area contributed by atoms with Crippen molar-refractivity contribution in [1.29, 1.82) is 0 Å². The van der Waals surface area contributed by atoms with Crippen LogP contribution in [0.4, 0.5) is 18.9 Å². The maximum atomic E-state index is 12.5. The van der Waals surface area contributed by atoms with E-state index in [0.29, 0.717) is 13.0 Å². The van der Waals surface area contributed by atoms with Crippen LogP contribution in [-0.4, -0.2) is 32.9 Å². The van der Waals surface area contributed by atoms with E-state index in [2.05, 4.69) is 4.72 Å². The molecule has 5 nitrogen and oxygen atoms in total. The van der Waals surface area contributed by atoms with Crippen LogP contribution in [0.1, 0.15) is 12.0 Å². The molecular weight excluding hydrogens is 295 g/mol. The molecule has 0 aliphatic heterocycles. The maximum absolute atomic E-state index is 12.5. The third-order valence-electron chi connectivity index (χ3n) is 2.52. The Bertz CT molecular complexity index is 546. The van der Waals surface area contributed by atoms with Gasteiger partial charge < -0.3 is 5.73 Å². The van der Waals surface area contributed by atoms with Crippen LogP contribution in [-0.2, 0) is 16.4 Å². The van der Waals surface area contributed by atoms with Crippen molar-refractivity contribution >= 4 is 15.9 Å². The van der Waals surface area contributed by atoms with Gasteiger partial charge >= 0.3 is 16.4 Å². The summed E-state index contributed by atoms with van der Waals surface area (Å²) in [7, 11) is -2.56. The second kappa shape index (κ2) is 6.42. The highest BCUT2D eigenvalue weighted by Gasteiger charge is 2.30. The van der Waals surface area contributed by atoms with Crippen molar-refractivity contribution in [3.8, 4) is 0 Å². The first-order valence-corrected chi connectivity index (χ1v) is 7.22. The summed E-state index contributed by atoms with van der Waals surface area (Å²) >= 11 is 0. The van der Waals surface area contributed by atoms with Gasteiger partial charge in [0.05, 0.1) is 11.3 Å². The summed E-state index contributed by atoms with van der Waals surface area (Å²) in [6.07, 6.45) is -4.06. The average molecular weight is 311 g/mol. The first-order chi connectivity index (χ1) is 9.16. The number of nitrogens with two attached hydrogens (primary N) is 1. The Hall–Kier alpha value is -1.32. The Morgan fingerprint density at radius 1 is 1.35 bits per heavy atom. The van der Waals surface area contributed by atoms with Crippen molar-refractivity contribution < 1.29 is 21.6 Å². The second-order valence-electron chi connectivity index (χ2n) is 4.15. The van der Waals surface area contributed by atoms with Crippen LogP contribution >= 0.6 is 0 Å². The monoisotopic (exact) mass is 311 g/mol. The zero-order valence-electron chi connectivity index (χ0n) is 10.8. The van der Waals surface area contributed by atoms with Gasteiger partial charge in [0, 0.05) is 13.6 Å². The lowest BCUT2D eigenvalue weighted by Crippen LogP contribution is -2.34. The van der Waals surface area contributed by atoms with Gasteiger partial charge in [0.25, 0.3) is 0 Å². The van der Waals surface area contributed by atoms with E-state index in [9.17, 15) is 21.6 Å². The number of halogens is 3. The molecule has 0 aliphatic rings. The van der Waals surface area contributed by atoms with Crippen molar-refractivity contribution in [2.75, 3.05) is 24.9 Å². The van der Waals surface area contributed by atoms with Crippen molar-refractivity contribution in [2.45, 2.75) is 12.6 Å². The quantitative estimate of drug-likeness (QED) is 0.838. The fourth-order valence-electron chi connectivity index (χ4n) is 1.42. The van der Waals surface area contributed by atoms with E-state index in [0.717, 1.165) is 22.5 Å². The molecule has 0 unspecified atom stereocenters. The van der Waals surface area contributed by atoms with Gasteiger partial charge in [-0.3, -0.25) is 4.72 Å². The molecule has 0 radical (unpaired) electrons. The van der Waals surface area contributed by atoms with Crippen LogP contribution in [0.5, 0.6) is 0 Å². The molecule has 0 fully saturated rings. The van der Waals surface area contributed by atoms with E-state index in [1.54, 1.807) is 0 Å². The Morgan fingerprint density at radius 3 is 2.55 bits per heavy atom. The fourth-order valence-corrected chi connectivity index (χ4v) is 2.37. The molecule has 1 rings (SSSR count). The molecule has 0 atom stereocenters. The lowest BCUT2D eigenvalue weighted by Gasteiger charge is -2.18. The van der Waals surface area contributed by atoms with Gasteiger partial charge in [0.15, 0.2) is 0 Å². The van der Waals surface area contributed by atoms with Crippen LogP contribution in [0.3, 0.4) is 0 Å². The minimum Gasteiger partial charge on any atom is -0.330 e. The van der Waals surface area contributed by atoms with Crippen LogP contribution < -0.4 is 10.5 Å². The molecular formula is C11H16F3N3O2S. The van der Waals surface area contributed by atoms with Gasteiger partial charge in [0.2, 0.25) is 0 Å². The normalized spacial score (nSPS) is 12.7. The van der Waals surface area contributed by atoms with Crippen molar-refractivity contribution in [1.82, 2.24) is 4.31 Å². The fraction of sp³-hybridized carbons (Fsp3) is 0.455. The Kier molecular flexibility index (Phi) is 5.37. The number of rotatable bonds is 6. The number of hydrogen-bond acceptors (Lipinski definition) is 3. The number of alkyl halides is 3. The molecule has 0 bridgehead atoms. The molecule has 0 spiro atoms. The summed E-state index contributed by atoms with van der Waals surface area (Å²) in [6, 6.07) is 4.01. The highest BCUT2D eigenvalue weighted by atomic mass is 32.2. The minimum absolute atomic E-state index is 0.139. The lowest BCUT2D eigenvalue weighted by atomic mass is 10.2. The van der Waals surface area contributed by atoms with Gasteiger partial charge in [-0.2, -0.15) is 25.9 Å². The molecule has 0 saturated heterocycles. The molecule has 0 amide bonds. The predicted octanol–water partition coefficient (Wildman–Crippen LogP) is 1.64. The van der Waals surface area contributed by atoms with Gasteiger partial charge in [-0.1, -0.05) is 6.07 Å². The lowest BCUT2D eigenvalue weighted by molar-refractivity contribution is -0.137. The van der Waals surface area contributed by atoms with Gasteiger partial charge in [0.1, 0.15) is 0 Å². The number of nitrogens with zero attached hydrogens (tertiary/aromatic N) is 1. The minimum atomic E-state index is -4.52. The van der Waals surface area contributed by atoms with Crippen LogP contribution in [0.2, 0.25) is 0 Å². The molecule has 0 aromatic heterocycles. The van der Waals surface area contributed by atoms with E-state index in [1.165, 1.54) is 13.1 Å². The second-order valence-corrected chi connectivity index (χ2v) is 5.93. The number of nitrogens with one attached hydrogen (secondary N) is 1. The number of benzene rings is 1. The highest BCUT2D eigenvalue weighted by Crippen LogP contribution is 2.30. The average Bonchev–Trinajstić information content (AvgIpc) is 2.34. The first-order valence-electron chi connectivity index (χ1n) is 5.78. The maximum Gasteiger partial charge on any atom is 0.416 e. The van der Waals surface area contributed by atoms with Crippen molar-refractivity contribution in [2.24, 2.45) is 5.73 Å². The molecule has 0 heterocycles. The molecule has 20 heavy (non-hydrogen) atoms. The predicted molar refractivity (Wildman–Crippen MR) is 70.3 cm³/mol. The summed E-state index contributed by atoms with van der Waals surface area (Å²) in [6.45, 7) is 0.508. The first kappa shape index (κ1) is 16.7.